The number of imide groups is 1. The van der Waals surface area contributed by atoms with Crippen LogP contribution in [0.2, 0.25) is 0 Å². The summed E-state index contributed by atoms with van der Waals surface area (Å²) in [6, 6.07) is 3.98. The van der Waals surface area contributed by atoms with E-state index in [1.165, 1.54) is 12.1 Å². The molecule has 96 valence electrons. The van der Waals surface area contributed by atoms with Crippen molar-refractivity contribution in [2.45, 2.75) is 25.4 Å². The van der Waals surface area contributed by atoms with Crippen molar-refractivity contribution in [2.24, 2.45) is 0 Å². The van der Waals surface area contributed by atoms with Gasteiger partial charge in [0.05, 0.1) is 6.04 Å². The fourth-order valence-corrected chi connectivity index (χ4v) is 2.19. The molecule has 2 amide bonds. The number of halogens is 2. The second kappa shape index (κ2) is 5.58. The lowest BCUT2D eigenvalue weighted by atomic mass is 10.1. The van der Waals surface area contributed by atoms with Crippen molar-refractivity contribution in [1.82, 2.24) is 10.6 Å². The molecule has 0 aromatic heterocycles. The van der Waals surface area contributed by atoms with E-state index in [4.69, 9.17) is 0 Å². The predicted octanol–water partition coefficient (Wildman–Crippen LogP) is 1.48. The minimum absolute atomic E-state index is 0.245. The fourth-order valence-electron chi connectivity index (χ4n) is 1.80. The molecule has 0 spiro atoms. The Morgan fingerprint density at radius 2 is 2.22 bits per heavy atom. The Kier molecular flexibility index (Phi) is 4.08. The fraction of sp³-hybridized carbons (Fsp3) is 0.333. The number of carbonyl (C=O) groups excluding carboxylic acids is 2. The molecule has 1 aromatic carbocycles. The summed E-state index contributed by atoms with van der Waals surface area (Å²) < 4.78 is 13.8. The van der Waals surface area contributed by atoms with Gasteiger partial charge in [0.2, 0.25) is 11.8 Å². The molecule has 18 heavy (non-hydrogen) atoms. The maximum atomic E-state index is 13.1. The van der Waals surface area contributed by atoms with E-state index in [1.807, 2.05) is 0 Å². The standard InChI is InChI=1S/C12H12BrFN2O2/c13-9-2-1-8(14)5-7(9)6-15-10-3-4-11(17)16-12(10)18/h1-2,5,10,15H,3-4,6H2,(H,16,17,18). The van der Waals surface area contributed by atoms with E-state index in [1.54, 1.807) is 6.07 Å². The van der Waals surface area contributed by atoms with E-state index in [0.29, 0.717) is 19.4 Å². The molecule has 0 bridgehead atoms. The number of amides is 2. The molecular weight excluding hydrogens is 303 g/mol. The molecule has 2 rings (SSSR count). The highest BCUT2D eigenvalue weighted by molar-refractivity contribution is 9.10. The molecule has 0 radical (unpaired) electrons. The van der Waals surface area contributed by atoms with Gasteiger partial charge in [-0.2, -0.15) is 0 Å². The van der Waals surface area contributed by atoms with E-state index in [-0.39, 0.29) is 17.6 Å². The van der Waals surface area contributed by atoms with Gasteiger partial charge in [0, 0.05) is 17.4 Å². The van der Waals surface area contributed by atoms with Gasteiger partial charge in [0.15, 0.2) is 0 Å². The Morgan fingerprint density at radius 3 is 2.94 bits per heavy atom. The van der Waals surface area contributed by atoms with Crippen molar-refractivity contribution in [3.05, 3.63) is 34.1 Å². The third-order valence-electron chi connectivity index (χ3n) is 2.79. The van der Waals surface area contributed by atoms with Gasteiger partial charge in [-0.25, -0.2) is 4.39 Å². The van der Waals surface area contributed by atoms with Gasteiger partial charge in [-0.3, -0.25) is 14.9 Å². The first-order valence-electron chi connectivity index (χ1n) is 5.57. The smallest absolute Gasteiger partial charge is 0.243 e. The number of piperidine rings is 1. The van der Waals surface area contributed by atoms with Gasteiger partial charge in [0.25, 0.3) is 0 Å². The normalized spacial score (nSPS) is 19.8. The minimum atomic E-state index is -0.405. The second-order valence-corrected chi connectivity index (χ2v) is 4.97. The van der Waals surface area contributed by atoms with Crippen molar-refractivity contribution < 1.29 is 14.0 Å². The Balaban J connectivity index is 1.97. The molecule has 0 saturated carbocycles. The topological polar surface area (TPSA) is 58.2 Å². The van der Waals surface area contributed by atoms with Crippen LogP contribution in [-0.4, -0.2) is 17.9 Å². The lowest BCUT2D eigenvalue weighted by Gasteiger charge is -2.22. The highest BCUT2D eigenvalue weighted by Crippen LogP contribution is 2.18. The molecule has 1 aliphatic heterocycles. The van der Waals surface area contributed by atoms with Crippen LogP contribution in [0, 0.1) is 5.82 Å². The van der Waals surface area contributed by atoms with Gasteiger partial charge in [0.1, 0.15) is 5.82 Å². The van der Waals surface area contributed by atoms with Gasteiger partial charge in [-0.1, -0.05) is 15.9 Å². The summed E-state index contributed by atoms with van der Waals surface area (Å²) in [5.74, 6) is -0.887. The van der Waals surface area contributed by atoms with E-state index < -0.39 is 6.04 Å². The number of rotatable bonds is 3. The van der Waals surface area contributed by atoms with Crippen LogP contribution in [0.1, 0.15) is 18.4 Å². The van der Waals surface area contributed by atoms with Gasteiger partial charge < -0.3 is 5.32 Å². The average Bonchev–Trinajstić information content (AvgIpc) is 2.32. The van der Waals surface area contributed by atoms with Crippen LogP contribution in [0.15, 0.2) is 22.7 Å². The van der Waals surface area contributed by atoms with Crippen LogP contribution in [0.25, 0.3) is 0 Å². The van der Waals surface area contributed by atoms with E-state index in [2.05, 4.69) is 26.6 Å². The third kappa shape index (κ3) is 3.14. The number of hydrogen-bond acceptors (Lipinski definition) is 3. The lowest BCUT2D eigenvalue weighted by molar-refractivity contribution is -0.134. The summed E-state index contributed by atoms with van der Waals surface area (Å²) in [7, 11) is 0. The number of benzene rings is 1. The van der Waals surface area contributed by atoms with Crippen LogP contribution in [-0.2, 0) is 16.1 Å². The summed E-state index contributed by atoms with van der Waals surface area (Å²) in [5.41, 5.74) is 0.736. The summed E-state index contributed by atoms with van der Waals surface area (Å²) in [4.78, 5) is 22.5. The molecule has 1 atom stereocenters. The molecule has 1 unspecified atom stereocenters. The molecule has 1 aliphatic rings. The second-order valence-electron chi connectivity index (χ2n) is 4.12. The van der Waals surface area contributed by atoms with Crippen LogP contribution in [0.4, 0.5) is 4.39 Å². The Labute approximate surface area is 112 Å². The van der Waals surface area contributed by atoms with Crippen LogP contribution in [0.3, 0.4) is 0 Å². The van der Waals surface area contributed by atoms with Crippen LogP contribution >= 0.6 is 15.9 Å². The van der Waals surface area contributed by atoms with Crippen molar-refractivity contribution in [3.8, 4) is 0 Å². The number of nitrogens with one attached hydrogen (secondary N) is 2. The summed E-state index contributed by atoms with van der Waals surface area (Å²) >= 11 is 3.32. The zero-order chi connectivity index (χ0) is 13.1. The largest absolute Gasteiger partial charge is 0.302 e. The zero-order valence-electron chi connectivity index (χ0n) is 9.50. The first-order chi connectivity index (χ1) is 8.56. The molecule has 2 N–H and O–H groups in total. The zero-order valence-corrected chi connectivity index (χ0v) is 11.1. The number of carbonyl (C=O) groups is 2. The van der Waals surface area contributed by atoms with Crippen molar-refractivity contribution in [3.63, 3.8) is 0 Å². The Hall–Kier alpha value is -1.27. The molecule has 1 heterocycles. The summed E-state index contributed by atoms with van der Waals surface area (Å²) in [6.07, 6.45) is 0.797. The van der Waals surface area contributed by atoms with Gasteiger partial charge in [-0.15, -0.1) is 0 Å². The Morgan fingerprint density at radius 1 is 1.44 bits per heavy atom. The van der Waals surface area contributed by atoms with Crippen LogP contribution < -0.4 is 10.6 Å². The van der Waals surface area contributed by atoms with Crippen molar-refractivity contribution in [2.75, 3.05) is 0 Å². The maximum Gasteiger partial charge on any atom is 0.243 e. The lowest BCUT2D eigenvalue weighted by Crippen LogP contribution is -2.50. The molecule has 1 fully saturated rings. The Bertz CT molecular complexity index is 493. The molecule has 6 heteroatoms. The molecule has 1 aromatic rings. The first kappa shape index (κ1) is 13.2. The van der Waals surface area contributed by atoms with E-state index in [9.17, 15) is 14.0 Å². The van der Waals surface area contributed by atoms with Gasteiger partial charge >= 0.3 is 0 Å². The maximum absolute atomic E-state index is 13.1. The summed E-state index contributed by atoms with van der Waals surface area (Å²) in [5, 5.41) is 5.28. The highest BCUT2D eigenvalue weighted by atomic mass is 79.9. The third-order valence-corrected chi connectivity index (χ3v) is 3.56. The molecular formula is C12H12BrFN2O2. The van der Waals surface area contributed by atoms with Crippen molar-refractivity contribution in [1.29, 1.82) is 0 Å². The van der Waals surface area contributed by atoms with E-state index >= 15 is 0 Å². The first-order valence-corrected chi connectivity index (χ1v) is 6.36. The molecule has 0 aliphatic carbocycles. The van der Waals surface area contributed by atoms with Crippen molar-refractivity contribution >= 4 is 27.7 Å². The number of hydrogen-bond donors (Lipinski definition) is 2. The minimum Gasteiger partial charge on any atom is -0.302 e. The average molecular weight is 315 g/mol. The summed E-state index contributed by atoms with van der Waals surface area (Å²) in [6.45, 7) is 0.366. The predicted molar refractivity (Wildman–Crippen MR) is 67.1 cm³/mol. The highest BCUT2D eigenvalue weighted by Gasteiger charge is 2.25. The van der Waals surface area contributed by atoms with Gasteiger partial charge in [-0.05, 0) is 30.2 Å². The SMILES string of the molecule is O=C1CCC(NCc2cc(F)ccc2Br)C(=O)N1. The molecule has 4 nitrogen and oxygen atoms in total. The quantitative estimate of drug-likeness (QED) is 0.831. The monoisotopic (exact) mass is 314 g/mol. The van der Waals surface area contributed by atoms with Crippen LogP contribution in [0.5, 0.6) is 0 Å². The molecule has 1 saturated heterocycles. The van der Waals surface area contributed by atoms with E-state index in [0.717, 1.165) is 10.0 Å².